The number of benzene rings is 1. The summed E-state index contributed by atoms with van der Waals surface area (Å²) < 4.78 is 24.3. The zero-order chi connectivity index (χ0) is 11.6. The molecule has 82 valence electrons. The van der Waals surface area contributed by atoms with Gasteiger partial charge in [0.15, 0.2) is 0 Å². The molecule has 15 heavy (non-hydrogen) atoms. The van der Waals surface area contributed by atoms with Crippen molar-refractivity contribution in [1.82, 2.24) is 0 Å². The van der Waals surface area contributed by atoms with E-state index >= 15 is 0 Å². The molecule has 0 amide bonds. The van der Waals surface area contributed by atoms with Gasteiger partial charge in [-0.1, -0.05) is 12.1 Å². The quantitative estimate of drug-likeness (QED) is 0.583. The lowest BCUT2D eigenvalue weighted by Gasteiger charge is -2.09. The van der Waals surface area contributed by atoms with E-state index in [-0.39, 0.29) is 5.46 Å². The predicted octanol–water partition coefficient (Wildman–Crippen LogP) is -0.954. The van der Waals surface area contributed by atoms with Gasteiger partial charge in [0.2, 0.25) is 10.0 Å². The summed E-state index contributed by atoms with van der Waals surface area (Å²) in [4.78, 5) is 0. The Labute approximate surface area is 89.0 Å². The molecule has 1 aromatic rings. The van der Waals surface area contributed by atoms with Gasteiger partial charge in [0.05, 0.1) is 11.9 Å². The predicted molar refractivity (Wildman–Crippen MR) is 59.5 cm³/mol. The zero-order valence-corrected chi connectivity index (χ0v) is 9.25. The second-order valence-electron chi connectivity index (χ2n) is 3.32. The van der Waals surface area contributed by atoms with Gasteiger partial charge in [0, 0.05) is 0 Å². The Balaban J connectivity index is 3.11. The zero-order valence-electron chi connectivity index (χ0n) is 8.43. The van der Waals surface area contributed by atoms with E-state index in [9.17, 15) is 8.42 Å². The highest BCUT2D eigenvalue weighted by atomic mass is 32.2. The lowest BCUT2D eigenvalue weighted by Crippen LogP contribution is -2.30. The molecule has 5 nitrogen and oxygen atoms in total. The van der Waals surface area contributed by atoms with E-state index in [4.69, 9.17) is 10.0 Å². The normalized spacial score (nSPS) is 11.2. The van der Waals surface area contributed by atoms with Crippen LogP contribution in [0.3, 0.4) is 0 Å². The third-order valence-electron chi connectivity index (χ3n) is 1.86. The van der Waals surface area contributed by atoms with E-state index in [1.165, 1.54) is 12.1 Å². The first kappa shape index (κ1) is 12.0. The van der Waals surface area contributed by atoms with Crippen LogP contribution in [0.1, 0.15) is 5.56 Å². The highest BCUT2D eigenvalue weighted by molar-refractivity contribution is 7.92. The Bertz CT molecular complexity index is 458. The van der Waals surface area contributed by atoms with Gasteiger partial charge in [0.25, 0.3) is 0 Å². The molecule has 0 atom stereocenters. The second kappa shape index (κ2) is 4.22. The smallest absolute Gasteiger partial charge is 0.423 e. The minimum atomic E-state index is -3.36. The Kier molecular flexibility index (Phi) is 3.38. The third-order valence-corrected chi connectivity index (χ3v) is 2.45. The van der Waals surface area contributed by atoms with Gasteiger partial charge >= 0.3 is 7.12 Å². The average molecular weight is 229 g/mol. The minimum absolute atomic E-state index is 0.242. The standard InChI is InChI=1S/C8H12BNO4S/c1-6-3-4-7(9(11)12)5-8(6)10-15(2,13)14/h3-5,10-12H,1-2H3. The molecule has 1 aromatic carbocycles. The van der Waals surface area contributed by atoms with E-state index in [0.29, 0.717) is 11.3 Å². The maximum absolute atomic E-state index is 11.0. The van der Waals surface area contributed by atoms with Crippen LogP contribution in [-0.4, -0.2) is 31.8 Å². The number of hydrogen-bond donors (Lipinski definition) is 3. The maximum Gasteiger partial charge on any atom is 0.488 e. The molecule has 0 aliphatic rings. The lowest BCUT2D eigenvalue weighted by atomic mass is 9.80. The van der Waals surface area contributed by atoms with Crippen molar-refractivity contribution in [2.45, 2.75) is 6.92 Å². The molecule has 0 bridgehead atoms. The van der Waals surface area contributed by atoms with Gasteiger partial charge in [-0.2, -0.15) is 0 Å². The summed E-state index contributed by atoms with van der Waals surface area (Å²) in [5.41, 5.74) is 1.31. The van der Waals surface area contributed by atoms with Crippen molar-refractivity contribution in [2.75, 3.05) is 11.0 Å². The van der Waals surface area contributed by atoms with Crippen LogP contribution in [-0.2, 0) is 10.0 Å². The molecule has 0 saturated heterocycles. The van der Waals surface area contributed by atoms with Crippen molar-refractivity contribution >= 4 is 28.3 Å². The number of rotatable bonds is 3. The van der Waals surface area contributed by atoms with Crippen LogP contribution in [0.15, 0.2) is 18.2 Å². The van der Waals surface area contributed by atoms with Gasteiger partial charge in [-0.25, -0.2) is 8.42 Å². The molecule has 0 heterocycles. The van der Waals surface area contributed by atoms with E-state index in [1.54, 1.807) is 13.0 Å². The van der Waals surface area contributed by atoms with Gasteiger partial charge in [-0.05, 0) is 24.0 Å². The molecule has 0 aliphatic heterocycles. The number of sulfonamides is 1. The van der Waals surface area contributed by atoms with Gasteiger partial charge in [-0.15, -0.1) is 0 Å². The summed E-state index contributed by atoms with van der Waals surface area (Å²) in [6.45, 7) is 1.72. The number of hydrogen-bond acceptors (Lipinski definition) is 4. The largest absolute Gasteiger partial charge is 0.488 e. The Hall–Kier alpha value is -1.05. The molecule has 0 spiro atoms. The van der Waals surface area contributed by atoms with Gasteiger partial charge in [0.1, 0.15) is 0 Å². The molecule has 1 rings (SSSR count). The molecule has 3 N–H and O–H groups in total. The van der Waals surface area contributed by atoms with E-state index < -0.39 is 17.1 Å². The Morgan fingerprint density at radius 3 is 2.40 bits per heavy atom. The first-order valence-corrected chi connectivity index (χ1v) is 6.13. The topological polar surface area (TPSA) is 86.6 Å². The van der Waals surface area contributed by atoms with Crippen molar-refractivity contribution in [1.29, 1.82) is 0 Å². The van der Waals surface area contributed by atoms with E-state index in [1.807, 2.05) is 0 Å². The van der Waals surface area contributed by atoms with Crippen LogP contribution >= 0.6 is 0 Å². The van der Waals surface area contributed by atoms with Crippen molar-refractivity contribution in [3.8, 4) is 0 Å². The summed E-state index contributed by atoms with van der Waals surface area (Å²) in [6, 6.07) is 4.52. The summed E-state index contributed by atoms with van der Waals surface area (Å²) >= 11 is 0. The van der Waals surface area contributed by atoms with Crippen molar-refractivity contribution in [2.24, 2.45) is 0 Å². The van der Waals surface area contributed by atoms with Crippen LogP contribution in [0.2, 0.25) is 0 Å². The Morgan fingerprint density at radius 2 is 1.93 bits per heavy atom. The molecule has 7 heteroatoms. The average Bonchev–Trinajstić information content (AvgIpc) is 2.06. The first-order chi connectivity index (χ1) is 6.79. The fraction of sp³-hybridized carbons (Fsp3) is 0.250. The molecule has 0 aromatic heterocycles. The summed E-state index contributed by atoms with van der Waals surface area (Å²) in [6.07, 6.45) is 1.04. The fourth-order valence-corrected chi connectivity index (χ4v) is 1.73. The van der Waals surface area contributed by atoms with Crippen LogP contribution in [0.5, 0.6) is 0 Å². The first-order valence-electron chi connectivity index (χ1n) is 4.24. The third kappa shape index (κ3) is 3.54. The van der Waals surface area contributed by atoms with Crippen molar-refractivity contribution < 1.29 is 18.5 Å². The Morgan fingerprint density at radius 1 is 1.33 bits per heavy atom. The van der Waals surface area contributed by atoms with Gasteiger partial charge < -0.3 is 10.0 Å². The summed E-state index contributed by atoms with van der Waals surface area (Å²) in [7, 11) is -4.96. The number of anilines is 1. The highest BCUT2D eigenvalue weighted by Gasteiger charge is 2.13. The lowest BCUT2D eigenvalue weighted by molar-refractivity contribution is 0.426. The maximum atomic E-state index is 11.0. The van der Waals surface area contributed by atoms with Crippen LogP contribution < -0.4 is 10.2 Å². The van der Waals surface area contributed by atoms with Gasteiger partial charge in [-0.3, -0.25) is 4.72 Å². The van der Waals surface area contributed by atoms with E-state index in [0.717, 1.165) is 6.26 Å². The van der Waals surface area contributed by atoms with E-state index in [2.05, 4.69) is 4.72 Å². The molecular formula is C8H12BNO4S. The SMILES string of the molecule is Cc1ccc(B(O)O)cc1NS(C)(=O)=O. The monoisotopic (exact) mass is 229 g/mol. The number of aryl methyl sites for hydroxylation is 1. The van der Waals surface area contributed by atoms with Crippen LogP contribution in [0.4, 0.5) is 5.69 Å². The van der Waals surface area contributed by atoms with Crippen LogP contribution in [0.25, 0.3) is 0 Å². The minimum Gasteiger partial charge on any atom is -0.423 e. The molecule has 0 saturated carbocycles. The summed E-state index contributed by atoms with van der Waals surface area (Å²) in [5, 5.41) is 17.8. The molecular weight excluding hydrogens is 217 g/mol. The van der Waals surface area contributed by atoms with Crippen LogP contribution in [0, 0.1) is 6.92 Å². The summed E-state index contributed by atoms with van der Waals surface area (Å²) in [5.74, 6) is 0. The van der Waals surface area contributed by atoms with Crippen molar-refractivity contribution in [3.63, 3.8) is 0 Å². The molecule has 0 fully saturated rings. The van der Waals surface area contributed by atoms with Crippen molar-refractivity contribution in [3.05, 3.63) is 23.8 Å². The fourth-order valence-electron chi connectivity index (χ4n) is 1.11. The number of nitrogens with one attached hydrogen (secondary N) is 1. The molecule has 0 aliphatic carbocycles. The molecule has 0 unspecified atom stereocenters. The highest BCUT2D eigenvalue weighted by Crippen LogP contribution is 2.13. The molecule has 0 radical (unpaired) electrons. The second-order valence-corrected chi connectivity index (χ2v) is 5.07.